The normalized spacial score (nSPS) is 10.8. The third-order valence-corrected chi connectivity index (χ3v) is 7.04. The minimum absolute atomic E-state index is 0.0540. The predicted octanol–water partition coefficient (Wildman–Crippen LogP) is 5.58. The lowest BCUT2D eigenvalue weighted by molar-refractivity contribution is -0.384. The van der Waals surface area contributed by atoms with Crippen molar-refractivity contribution in [1.82, 2.24) is 10.1 Å². The number of non-ortho nitro benzene ring substituents is 1. The molecule has 2 heterocycles. The number of hydrogen-bond acceptors (Lipinski definition) is 12. The van der Waals surface area contributed by atoms with Crippen molar-refractivity contribution in [3.63, 3.8) is 0 Å². The van der Waals surface area contributed by atoms with Crippen molar-refractivity contribution in [1.29, 1.82) is 0 Å². The molecule has 1 amide bonds. The molecule has 0 saturated carbocycles. The van der Waals surface area contributed by atoms with Crippen molar-refractivity contribution in [2.75, 3.05) is 40.4 Å². The summed E-state index contributed by atoms with van der Waals surface area (Å²) in [6, 6.07) is 14.7. The Morgan fingerprint density at radius 3 is 2.29 bits per heavy atom. The second-order valence-corrected chi connectivity index (χ2v) is 9.65. The number of rotatable bonds is 11. The van der Waals surface area contributed by atoms with Crippen LogP contribution < -0.4 is 29.0 Å². The molecule has 0 spiro atoms. The molecule has 13 nitrogen and oxygen atoms in total. The minimum atomic E-state index is -0.486. The fourth-order valence-electron chi connectivity index (χ4n) is 4.10. The number of fused-ring (bicyclic) bond motifs is 1. The van der Waals surface area contributed by atoms with E-state index in [1.54, 1.807) is 36.4 Å². The Morgan fingerprint density at radius 2 is 1.62 bits per heavy atom. The minimum Gasteiger partial charge on any atom is -0.493 e. The molecule has 0 radical (unpaired) electrons. The highest BCUT2D eigenvalue weighted by atomic mass is 32.1. The van der Waals surface area contributed by atoms with E-state index in [1.807, 2.05) is 0 Å². The van der Waals surface area contributed by atoms with Crippen LogP contribution in [0.3, 0.4) is 0 Å². The van der Waals surface area contributed by atoms with E-state index in [0.717, 1.165) is 11.3 Å². The first-order valence-electron chi connectivity index (χ1n) is 12.3. The Kier molecular flexibility index (Phi) is 8.06. The smallest absolute Gasteiger partial charge is 0.270 e. The quantitative estimate of drug-likeness (QED) is 0.151. The van der Waals surface area contributed by atoms with Gasteiger partial charge in [-0.1, -0.05) is 16.5 Å². The summed E-state index contributed by atoms with van der Waals surface area (Å²) >= 11 is 1.12. The Morgan fingerprint density at radius 1 is 0.905 bits per heavy atom. The number of aromatic nitrogens is 2. The number of carbonyl (C=O) groups excluding carboxylic acids is 1. The highest BCUT2D eigenvalue weighted by molar-refractivity contribution is 7.22. The third-order valence-electron chi connectivity index (χ3n) is 6.11. The van der Waals surface area contributed by atoms with Crippen molar-refractivity contribution in [3.05, 3.63) is 64.7 Å². The van der Waals surface area contributed by atoms with Gasteiger partial charge in [-0.15, -0.1) is 0 Å². The predicted molar refractivity (Wildman–Crippen MR) is 154 cm³/mol. The summed E-state index contributed by atoms with van der Waals surface area (Å²) in [5, 5.41) is 18.2. The number of nitro groups is 1. The van der Waals surface area contributed by atoms with Crippen LogP contribution in [0.25, 0.3) is 32.8 Å². The number of ether oxygens (including phenoxy) is 5. The molecule has 14 heteroatoms. The van der Waals surface area contributed by atoms with E-state index in [1.165, 1.54) is 46.6 Å². The van der Waals surface area contributed by atoms with E-state index >= 15 is 0 Å². The number of nitrogens with one attached hydrogen (secondary N) is 1. The molecule has 0 saturated heterocycles. The standard InChI is InChI=1S/C28H24N4O9S/c1-36-20-8-5-15(21-13-19(31-41-21)16-10-23(37-2)27(39-4)24(11-16)38-3)9-22(20)40-14-26(33)30-28-29-18-7-6-17(32(34)35)12-25(18)42-28/h5-13H,14H2,1-4H3,(H,29,30,33). The highest BCUT2D eigenvalue weighted by Gasteiger charge is 2.18. The molecular weight excluding hydrogens is 568 g/mol. The van der Waals surface area contributed by atoms with E-state index in [9.17, 15) is 14.9 Å². The fourth-order valence-corrected chi connectivity index (χ4v) is 5.01. The van der Waals surface area contributed by atoms with Crippen molar-refractivity contribution < 1.29 is 37.9 Å². The zero-order valence-corrected chi connectivity index (χ0v) is 23.6. The molecular formula is C28H24N4O9S. The molecule has 2 aromatic heterocycles. The van der Waals surface area contributed by atoms with E-state index < -0.39 is 10.8 Å². The molecule has 0 fully saturated rings. The molecule has 42 heavy (non-hydrogen) atoms. The Hall–Kier alpha value is -5.37. The van der Waals surface area contributed by atoms with Crippen LogP contribution in [0.2, 0.25) is 0 Å². The average molecular weight is 593 g/mol. The zero-order valence-electron chi connectivity index (χ0n) is 22.8. The number of hydrogen-bond donors (Lipinski definition) is 1. The van der Waals surface area contributed by atoms with E-state index in [4.69, 9.17) is 28.2 Å². The number of thiazole rings is 1. The first-order chi connectivity index (χ1) is 20.3. The maximum atomic E-state index is 12.6. The molecule has 216 valence electrons. The van der Waals surface area contributed by atoms with Gasteiger partial charge in [-0.2, -0.15) is 0 Å². The van der Waals surface area contributed by atoms with Gasteiger partial charge >= 0.3 is 0 Å². The maximum absolute atomic E-state index is 12.6. The van der Waals surface area contributed by atoms with Gasteiger partial charge in [-0.25, -0.2) is 4.98 Å². The Labute approximate surface area is 242 Å². The number of methoxy groups -OCH3 is 4. The van der Waals surface area contributed by atoms with Gasteiger partial charge in [-0.05, 0) is 36.4 Å². The SMILES string of the molecule is COc1ccc(-c2cc(-c3cc(OC)c(OC)c(OC)c3)no2)cc1OCC(=O)Nc1nc2ccc([N+](=O)[O-])cc2s1. The molecule has 5 aromatic rings. The van der Waals surface area contributed by atoms with Gasteiger partial charge in [0.2, 0.25) is 5.75 Å². The van der Waals surface area contributed by atoms with Gasteiger partial charge in [0.05, 0.1) is 43.6 Å². The lowest BCUT2D eigenvalue weighted by Gasteiger charge is -2.13. The molecule has 0 aliphatic carbocycles. The molecule has 0 unspecified atom stereocenters. The number of amides is 1. The van der Waals surface area contributed by atoms with Crippen LogP contribution in [0.15, 0.2) is 59.1 Å². The second kappa shape index (κ2) is 12.0. The van der Waals surface area contributed by atoms with Crippen LogP contribution in [0.4, 0.5) is 10.8 Å². The monoisotopic (exact) mass is 592 g/mol. The Bertz CT molecular complexity index is 1760. The molecule has 5 rings (SSSR count). The van der Waals surface area contributed by atoms with E-state index in [2.05, 4.69) is 15.5 Å². The summed E-state index contributed by atoms with van der Waals surface area (Å²) in [5.41, 5.74) is 2.33. The number of benzene rings is 3. The van der Waals surface area contributed by atoms with Crippen molar-refractivity contribution >= 4 is 38.3 Å². The number of carbonyl (C=O) groups is 1. The van der Waals surface area contributed by atoms with Gasteiger partial charge in [0.1, 0.15) is 5.69 Å². The zero-order chi connectivity index (χ0) is 29.8. The lowest BCUT2D eigenvalue weighted by atomic mass is 10.1. The van der Waals surface area contributed by atoms with Crippen molar-refractivity contribution in [2.24, 2.45) is 0 Å². The van der Waals surface area contributed by atoms with Crippen LogP contribution in [-0.4, -0.2) is 56.0 Å². The highest BCUT2D eigenvalue weighted by Crippen LogP contribution is 2.42. The van der Waals surface area contributed by atoms with Crippen LogP contribution in [-0.2, 0) is 4.79 Å². The third kappa shape index (κ3) is 5.74. The Balaban J connectivity index is 1.32. The summed E-state index contributed by atoms with van der Waals surface area (Å²) in [7, 11) is 6.07. The number of nitrogens with zero attached hydrogens (tertiary/aromatic N) is 3. The van der Waals surface area contributed by atoms with Crippen LogP contribution in [0, 0.1) is 10.1 Å². The number of nitro benzene ring substituents is 1. The summed E-state index contributed by atoms with van der Waals surface area (Å²) in [6.45, 7) is -0.344. The first-order valence-corrected chi connectivity index (χ1v) is 13.1. The van der Waals surface area contributed by atoms with E-state index in [-0.39, 0.29) is 12.3 Å². The van der Waals surface area contributed by atoms with Gasteiger partial charge < -0.3 is 28.2 Å². The summed E-state index contributed by atoms with van der Waals surface area (Å²) in [6.07, 6.45) is 0. The fraction of sp³-hybridized carbons (Fsp3) is 0.179. The second-order valence-electron chi connectivity index (χ2n) is 8.62. The van der Waals surface area contributed by atoms with Crippen LogP contribution in [0.5, 0.6) is 28.7 Å². The van der Waals surface area contributed by atoms with Crippen molar-refractivity contribution in [2.45, 2.75) is 0 Å². The van der Waals surface area contributed by atoms with E-state index in [0.29, 0.717) is 66.7 Å². The van der Waals surface area contributed by atoms with Crippen LogP contribution >= 0.6 is 11.3 Å². The molecule has 0 aliphatic rings. The van der Waals surface area contributed by atoms with Gasteiger partial charge in [0.25, 0.3) is 11.6 Å². The lowest BCUT2D eigenvalue weighted by Crippen LogP contribution is -2.20. The largest absolute Gasteiger partial charge is 0.493 e. The van der Waals surface area contributed by atoms with Gasteiger partial charge in [-0.3, -0.25) is 20.2 Å². The summed E-state index contributed by atoms with van der Waals surface area (Å²) < 4.78 is 33.6. The van der Waals surface area contributed by atoms with Gasteiger partial charge in [0.15, 0.2) is 40.5 Å². The maximum Gasteiger partial charge on any atom is 0.270 e. The molecule has 0 atom stereocenters. The molecule has 3 aromatic carbocycles. The van der Waals surface area contributed by atoms with Gasteiger partial charge in [0, 0.05) is 29.3 Å². The van der Waals surface area contributed by atoms with Crippen LogP contribution in [0.1, 0.15) is 0 Å². The molecule has 0 aliphatic heterocycles. The summed E-state index contributed by atoms with van der Waals surface area (Å²) in [5.74, 6) is 2.09. The topological polar surface area (TPSA) is 157 Å². The first kappa shape index (κ1) is 28.2. The average Bonchev–Trinajstić information content (AvgIpc) is 3.66. The summed E-state index contributed by atoms with van der Waals surface area (Å²) in [4.78, 5) is 27.5. The molecule has 0 bridgehead atoms. The van der Waals surface area contributed by atoms with Crippen molar-refractivity contribution in [3.8, 4) is 51.3 Å². The molecule has 1 N–H and O–H groups in total. The number of anilines is 1.